The standard InChI is InChI=1S/C19H30O3/c1-3-5-6-7-8-9-10-13-16-21-19(20)22-18-15-12-11-14-17(18)4-2/h11-12,14-15H,3-10,13,16H2,1-2H3. The van der Waals surface area contributed by atoms with Crippen molar-refractivity contribution in [1.82, 2.24) is 0 Å². The van der Waals surface area contributed by atoms with E-state index in [0.717, 1.165) is 24.8 Å². The summed E-state index contributed by atoms with van der Waals surface area (Å²) in [5.74, 6) is 0.603. The van der Waals surface area contributed by atoms with Crippen molar-refractivity contribution >= 4 is 6.16 Å². The predicted molar refractivity (Wildman–Crippen MR) is 90.4 cm³/mol. The smallest absolute Gasteiger partial charge is 0.434 e. The van der Waals surface area contributed by atoms with E-state index in [9.17, 15) is 4.79 Å². The summed E-state index contributed by atoms with van der Waals surface area (Å²) >= 11 is 0. The molecule has 0 heterocycles. The fraction of sp³-hybridized carbons (Fsp3) is 0.632. The third kappa shape index (κ3) is 8.06. The Bertz CT molecular complexity index is 415. The Morgan fingerprint density at radius 1 is 0.909 bits per heavy atom. The van der Waals surface area contributed by atoms with Gasteiger partial charge in [-0.2, -0.15) is 0 Å². The molecule has 0 fully saturated rings. The van der Waals surface area contributed by atoms with Gasteiger partial charge in [0.1, 0.15) is 5.75 Å². The maximum absolute atomic E-state index is 11.6. The third-order valence-electron chi connectivity index (χ3n) is 3.76. The lowest BCUT2D eigenvalue weighted by Crippen LogP contribution is -2.12. The summed E-state index contributed by atoms with van der Waals surface area (Å²) in [5.41, 5.74) is 1.02. The molecule has 3 nitrogen and oxygen atoms in total. The van der Waals surface area contributed by atoms with Crippen molar-refractivity contribution in [2.45, 2.75) is 71.6 Å². The lowest BCUT2D eigenvalue weighted by Gasteiger charge is -2.09. The number of para-hydroxylation sites is 1. The number of carbonyl (C=O) groups is 1. The molecule has 1 aromatic carbocycles. The average Bonchev–Trinajstić information content (AvgIpc) is 2.54. The monoisotopic (exact) mass is 306 g/mol. The van der Waals surface area contributed by atoms with Crippen LogP contribution in [0.3, 0.4) is 0 Å². The van der Waals surface area contributed by atoms with Crippen LogP contribution in [-0.2, 0) is 11.2 Å². The molecule has 0 spiro atoms. The van der Waals surface area contributed by atoms with E-state index in [1.807, 2.05) is 25.1 Å². The Kier molecular flexibility index (Phi) is 10.2. The molecule has 0 aliphatic heterocycles. The Morgan fingerprint density at radius 3 is 2.23 bits per heavy atom. The van der Waals surface area contributed by atoms with Gasteiger partial charge in [-0.3, -0.25) is 0 Å². The summed E-state index contributed by atoms with van der Waals surface area (Å²) < 4.78 is 10.4. The molecule has 0 unspecified atom stereocenters. The molecule has 0 atom stereocenters. The van der Waals surface area contributed by atoms with Crippen LogP contribution < -0.4 is 4.74 Å². The summed E-state index contributed by atoms with van der Waals surface area (Å²) in [7, 11) is 0. The molecule has 3 heteroatoms. The van der Waals surface area contributed by atoms with Crippen molar-refractivity contribution in [3.8, 4) is 5.75 Å². The molecular formula is C19H30O3. The number of unbranched alkanes of at least 4 members (excludes halogenated alkanes) is 7. The largest absolute Gasteiger partial charge is 0.513 e. The minimum Gasteiger partial charge on any atom is -0.434 e. The fourth-order valence-electron chi connectivity index (χ4n) is 2.41. The van der Waals surface area contributed by atoms with Crippen LogP contribution in [-0.4, -0.2) is 12.8 Å². The average molecular weight is 306 g/mol. The van der Waals surface area contributed by atoms with Gasteiger partial charge in [0.15, 0.2) is 0 Å². The van der Waals surface area contributed by atoms with Gasteiger partial charge in [0.25, 0.3) is 0 Å². The summed E-state index contributed by atoms with van der Waals surface area (Å²) in [4.78, 5) is 11.6. The molecule has 124 valence electrons. The van der Waals surface area contributed by atoms with Gasteiger partial charge in [0, 0.05) is 0 Å². The van der Waals surface area contributed by atoms with Crippen LogP contribution in [0.1, 0.15) is 70.8 Å². The zero-order valence-corrected chi connectivity index (χ0v) is 14.1. The highest BCUT2D eigenvalue weighted by molar-refractivity contribution is 5.64. The van der Waals surface area contributed by atoms with Gasteiger partial charge in [-0.15, -0.1) is 0 Å². The van der Waals surface area contributed by atoms with E-state index < -0.39 is 6.16 Å². The Balaban J connectivity index is 2.06. The van der Waals surface area contributed by atoms with Gasteiger partial charge in [-0.1, -0.05) is 77.0 Å². The molecule has 0 aromatic heterocycles. The van der Waals surface area contributed by atoms with Crippen LogP contribution in [0.25, 0.3) is 0 Å². The molecule has 0 saturated carbocycles. The van der Waals surface area contributed by atoms with E-state index in [2.05, 4.69) is 6.92 Å². The van der Waals surface area contributed by atoms with Gasteiger partial charge in [-0.25, -0.2) is 4.79 Å². The third-order valence-corrected chi connectivity index (χ3v) is 3.76. The summed E-state index contributed by atoms with van der Waals surface area (Å²) in [6.45, 7) is 4.71. The SMILES string of the molecule is CCCCCCCCCCOC(=O)Oc1ccccc1CC. The van der Waals surface area contributed by atoms with Crippen molar-refractivity contribution in [3.63, 3.8) is 0 Å². The summed E-state index contributed by atoms with van der Waals surface area (Å²) in [5, 5.41) is 0. The topological polar surface area (TPSA) is 35.5 Å². The van der Waals surface area contributed by atoms with E-state index in [1.165, 1.54) is 38.5 Å². The summed E-state index contributed by atoms with van der Waals surface area (Å²) in [6, 6.07) is 7.56. The van der Waals surface area contributed by atoms with E-state index in [4.69, 9.17) is 9.47 Å². The first-order valence-corrected chi connectivity index (χ1v) is 8.70. The lowest BCUT2D eigenvalue weighted by molar-refractivity contribution is 0.0969. The van der Waals surface area contributed by atoms with E-state index in [-0.39, 0.29) is 0 Å². The molecule has 0 bridgehead atoms. The molecule has 1 rings (SSSR count). The molecule has 0 N–H and O–H groups in total. The van der Waals surface area contributed by atoms with Crippen molar-refractivity contribution < 1.29 is 14.3 Å². The molecule has 0 amide bonds. The van der Waals surface area contributed by atoms with Gasteiger partial charge >= 0.3 is 6.16 Å². The van der Waals surface area contributed by atoms with Crippen LogP contribution >= 0.6 is 0 Å². The zero-order chi connectivity index (χ0) is 16.0. The number of hydrogen-bond donors (Lipinski definition) is 0. The first-order chi connectivity index (χ1) is 10.8. The second kappa shape index (κ2) is 12.1. The van der Waals surface area contributed by atoms with Crippen molar-refractivity contribution in [2.24, 2.45) is 0 Å². The number of hydrogen-bond acceptors (Lipinski definition) is 3. The van der Waals surface area contributed by atoms with Crippen molar-refractivity contribution in [2.75, 3.05) is 6.61 Å². The zero-order valence-electron chi connectivity index (χ0n) is 14.1. The van der Waals surface area contributed by atoms with Crippen LogP contribution in [0.15, 0.2) is 24.3 Å². The second-order valence-corrected chi connectivity index (χ2v) is 5.64. The molecular weight excluding hydrogens is 276 g/mol. The Morgan fingerprint density at radius 2 is 1.55 bits per heavy atom. The molecule has 22 heavy (non-hydrogen) atoms. The molecule has 1 aromatic rings. The van der Waals surface area contributed by atoms with E-state index >= 15 is 0 Å². The minimum atomic E-state index is -0.594. The highest BCUT2D eigenvalue weighted by Gasteiger charge is 2.08. The lowest BCUT2D eigenvalue weighted by atomic mass is 10.1. The molecule has 0 saturated heterocycles. The van der Waals surface area contributed by atoms with E-state index in [1.54, 1.807) is 6.07 Å². The highest BCUT2D eigenvalue weighted by atomic mass is 16.7. The molecule has 0 radical (unpaired) electrons. The first-order valence-electron chi connectivity index (χ1n) is 8.70. The maximum atomic E-state index is 11.6. The molecule has 0 aliphatic carbocycles. The number of carbonyl (C=O) groups excluding carboxylic acids is 1. The predicted octanol–water partition coefficient (Wildman–Crippen LogP) is 5.91. The fourth-order valence-corrected chi connectivity index (χ4v) is 2.41. The Labute approximate surface area is 135 Å². The van der Waals surface area contributed by atoms with Crippen LogP contribution in [0.5, 0.6) is 5.75 Å². The van der Waals surface area contributed by atoms with Crippen LogP contribution in [0.4, 0.5) is 4.79 Å². The van der Waals surface area contributed by atoms with Gasteiger partial charge < -0.3 is 9.47 Å². The summed E-state index contributed by atoms with van der Waals surface area (Å²) in [6.07, 6.45) is 10.1. The second-order valence-electron chi connectivity index (χ2n) is 5.64. The maximum Gasteiger partial charge on any atom is 0.513 e. The van der Waals surface area contributed by atoms with Gasteiger partial charge in [-0.05, 0) is 24.5 Å². The van der Waals surface area contributed by atoms with Crippen molar-refractivity contribution in [3.05, 3.63) is 29.8 Å². The van der Waals surface area contributed by atoms with Crippen molar-refractivity contribution in [1.29, 1.82) is 0 Å². The number of benzene rings is 1. The Hall–Kier alpha value is -1.51. The first kappa shape index (κ1) is 18.5. The number of rotatable bonds is 11. The number of aryl methyl sites for hydroxylation is 1. The quantitative estimate of drug-likeness (QED) is 0.290. The molecule has 0 aliphatic rings. The normalized spacial score (nSPS) is 10.5. The highest BCUT2D eigenvalue weighted by Crippen LogP contribution is 2.18. The number of ether oxygens (including phenoxy) is 2. The van der Waals surface area contributed by atoms with Gasteiger partial charge in [0.2, 0.25) is 0 Å². The van der Waals surface area contributed by atoms with Crippen LogP contribution in [0, 0.1) is 0 Å². The van der Waals surface area contributed by atoms with Gasteiger partial charge in [0.05, 0.1) is 6.61 Å². The minimum absolute atomic E-state index is 0.447. The van der Waals surface area contributed by atoms with E-state index in [0.29, 0.717) is 12.4 Å². The van der Waals surface area contributed by atoms with Crippen LogP contribution in [0.2, 0.25) is 0 Å².